The molecule has 1 aromatic rings. The Bertz CT molecular complexity index is 885. The minimum atomic E-state index is -1.47. The first-order chi connectivity index (χ1) is 12.8. The summed E-state index contributed by atoms with van der Waals surface area (Å²) in [5.41, 5.74) is -0.526. The zero-order chi connectivity index (χ0) is 19.2. The summed E-state index contributed by atoms with van der Waals surface area (Å²) in [5, 5.41) is 38.6. The Balaban J connectivity index is 1.97. The highest BCUT2D eigenvalue weighted by molar-refractivity contribution is 5.82. The molecule has 6 rings (SSSR count). The molecule has 6 atom stereocenters. The van der Waals surface area contributed by atoms with E-state index in [2.05, 4.69) is 12.4 Å². The number of benzene rings is 1. The maximum atomic E-state index is 12.8. The van der Waals surface area contributed by atoms with Gasteiger partial charge in [-0.15, -0.1) is 0 Å². The maximum absolute atomic E-state index is 12.8. The number of nitrogens with zero attached hydrogens (tertiary/aromatic N) is 1. The third-order valence-electron chi connectivity index (χ3n) is 8.46. The van der Waals surface area contributed by atoms with E-state index < -0.39 is 41.1 Å². The molecule has 1 aliphatic carbocycles. The van der Waals surface area contributed by atoms with E-state index in [1.165, 1.54) is 0 Å². The Hall–Kier alpha value is -1.89. The quantitative estimate of drug-likeness (QED) is 0.502. The Kier molecular flexibility index (Phi) is 3.14. The van der Waals surface area contributed by atoms with E-state index in [0.29, 0.717) is 23.9 Å². The highest BCUT2D eigenvalue weighted by Crippen LogP contribution is 2.73. The van der Waals surface area contributed by atoms with E-state index >= 15 is 0 Å². The van der Waals surface area contributed by atoms with Gasteiger partial charge in [-0.3, -0.25) is 4.48 Å². The van der Waals surface area contributed by atoms with Gasteiger partial charge < -0.3 is 25.4 Å². The smallest absolute Gasteiger partial charge is 0.210 e. The molecule has 6 heteroatoms. The van der Waals surface area contributed by atoms with Crippen molar-refractivity contribution in [2.45, 2.75) is 36.9 Å². The van der Waals surface area contributed by atoms with Crippen LogP contribution in [0.2, 0.25) is 0 Å². The van der Waals surface area contributed by atoms with Crippen molar-refractivity contribution in [3.63, 3.8) is 0 Å². The molecule has 1 saturated carbocycles. The molecule has 4 fully saturated rings. The van der Waals surface area contributed by atoms with Gasteiger partial charge in [0.05, 0.1) is 37.0 Å². The molecule has 4 bridgehead atoms. The molecular weight excluding hydrogens is 344 g/mol. The van der Waals surface area contributed by atoms with Crippen molar-refractivity contribution in [2.75, 3.05) is 32.1 Å². The lowest BCUT2D eigenvalue weighted by Crippen LogP contribution is -2.79. The van der Waals surface area contributed by atoms with Gasteiger partial charge >= 0.3 is 0 Å². The van der Waals surface area contributed by atoms with Gasteiger partial charge in [0.1, 0.15) is 12.6 Å². The van der Waals surface area contributed by atoms with Crippen LogP contribution in [0.1, 0.15) is 25.3 Å². The summed E-state index contributed by atoms with van der Waals surface area (Å²) in [4.78, 5) is 12.8. The minimum Gasteiger partial charge on any atom is -0.549 e. The van der Waals surface area contributed by atoms with Crippen LogP contribution in [0.4, 0.5) is 5.69 Å². The lowest BCUT2D eigenvalue weighted by molar-refractivity contribution is -0.944. The van der Waals surface area contributed by atoms with Crippen LogP contribution in [0.25, 0.3) is 0 Å². The number of hydrogen-bond acceptors (Lipinski definition) is 5. The summed E-state index contributed by atoms with van der Waals surface area (Å²) < 4.78 is 0.522. The second-order valence-corrected chi connectivity index (χ2v) is 8.95. The number of carboxylic acid groups (broad SMARTS) is 1. The number of hydrogen-bond donors (Lipinski definition) is 3. The fourth-order valence-electron chi connectivity index (χ4n) is 7.52. The highest BCUT2D eigenvalue weighted by Gasteiger charge is 2.86. The number of anilines is 1. The lowest BCUT2D eigenvalue weighted by Gasteiger charge is -2.60. The predicted molar refractivity (Wildman–Crippen MR) is 97.4 cm³/mol. The molecule has 2 unspecified atom stereocenters. The van der Waals surface area contributed by atoms with Gasteiger partial charge in [-0.05, 0) is 30.5 Å². The maximum Gasteiger partial charge on any atom is 0.210 e. The summed E-state index contributed by atoms with van der Waals surface area (Å²) in [6.45, 7) is 2.82. The first kappa shape index (κ1) is 17.2. The number of allylic oxidation sites excluding steroid dienone is 1. The summed E-state index contributed by atoms with van der Waals surface area (Å²) in [6, 6.07) is 7.74. The third kappa shape index (κ3) is 1.45. The fraction of sp³-hybridized carbons (Fsp3) is 0.571. The third-order valence-corrected chi connectivity index (χ3v) is 8.46. The van der Waals surface area contributed by atoms with Gasteiger partial charge in [-0.25, -0.2) is 0 Å². The zero-order valence-electron chi connectivity index (χ0n) is 15.7. The normalized spacial score (nSPS) is 48.1. The molecule has 0 amide bonds. The van der Waals surface area contributed by atoms with Crippen LogP contribution < -0.4 is 10.4 Å². The van der Waals surface area contributed by atoms with Crippen molar-refractivity contribution in [3.05, 3.63) is 41.5 Å². The largest absolute Gasteiger partial charge is 0.549 e. The molecule has 0 aromatic heterocycles. The highest BCUT2D eigenvalue weighted by atomic mass is 16.4. The van der Waals surface area contributed by atoms with E-state index in [1.54, 1.807) is 0 Å². The second-order valence-electron chi connectivity index (χ2n) is 8.95. The van der Waals surface area contributed by atoms with Gasteiger partial charge in [-0.2, -0.15) is 0 Å². The van der Waals surface area contributed by atoms with Crippen molar-refractivity contribution < 1.29 is 24.6 Å². The Morgan fingerprint density at radius 1 is 1.44 bits per heavy atom. The number of likely N-dealkylation sites (N-methyl/N-ethyl adjacent to an activating group) is 1. The number of aliphatic carboxylic acids is 1. The van der Waals surface area contributed by atoms with Crippen molar-refractivity contribution in [1.29, 1.82) is 0 Å². The number of rotatable bonds is 2. The Morgan fingerprint density at radius 2 is 2.19 bits per heavy atom. The molecule has 1 spiro atoms. The van der Waals surface area contributed by atoms with Gasteiger partial charge in [0.2, 0.25) is 5.66 Å². The van der Waals surface area contributed by atoms with Crippen LogP contribution in [0.5, 0.6) is 0 Å². The average molecular weight is 370 g/mol. The van der Waals surface area contributed by atoms with Crippen molar-refractivity contribution in [1.82, 2.24) is 0 Å². The van der Waals surface area contributed by atoms with Gasteiger partial charge in [-0.1, -0.05) is 24.3 Å². The van der Waals surface area contributed by atoms with Gasteiger partial charge in [0.15, 0.2) is 0 Å². The number of aliphatic hydroxyl groups is 2. The number of para-hydroxylation sites is 1. The van der Waals surface area contributed by atoms with Crippen molar-refractivity contribution >= 4 is 11.7 Å². The number of carbonyl (C=O) groups is 1. The minimum absolute atomic E-state index is 0.310. The molecule has 4 aliphatic heterocycles. The summed E-state index contributed by atoms with van der Waals surface area (Å²) in [5.74, 6) is -1.66. The number of aliphatic hydroxyl groups excluding tert-OH is 2. The Morgan fingerprint density at radius 3 is 2.85 bits per heavy atom. The van der Waals surface area contributed by atoms with E-state index in [1.807, 2.05) is 37.3 Å². The van der Waals surface area contributed by atoms with Gasteiger partial charge in [0, 0.05) is 18.0 Å². The standard InChI is InChI=1S/C21H26N2O4/c1-3-13-11-23(2)9-8-20-14-6-4-5-7-16(14)22-21(20,23)17(25)10-15(13)19(20,12-24)18(26)27/h3-7,15,17,22,24-25H,8-12H2,1-2H3/b13-3-/t15-,17+,19-,20-,21?,23?/m0/s1. The van der Waals surface area contributed by atoms with Crippen LogP contribution in [0.15, 0.2) is 35.9 Å². The average Bonchev–Trinajstić information content (AvgIpc) is 3.06. The molecule has 3 saturated heterocycles. The second kappa shape index (κ2) is 4.93. The molecule has 1 aromatic carbocycles. The first-order valence-electron chi connectivity index (χ1n) is 9.72. The molecule has 144 valence electrons. The van der Waals surface area contributed by atoms with Crippen LogP contribution in [-0.4, -0.2) is 59.2 Å². The van der Waals surface area contributed by atoms with Crippen molar-refractivity contribution in [2.24, 2.45) is 11.3 Å². The molecule has 5 aliphatic rings. The van der Waals surface area contributed by atoms with E-state index in [0.717, 1.165) is 23.4 Å². The number of fused-ring (bicyclic) bond motifs is 3. The first-order valence-corrected chi connectivity index (χ1v) is 9.72. The predicted octanol–water partition coefficient (Wildman–Crippen LogP) is -0.0342. The van der Waals surface area contributed by atoms with Crippen molar-refractivity contribution in [3.8, 4) is 0 Å². The Labute approximate surface area is 158 Å². The zero-order valence-corrected chi connectivity index (χ0v) is 15.7. The molecule has 4 heterocycles. The number of nitrogens with one attached hydrogen (secondary N) is 1. The van der Waals surface area contributed by atoms with E-state index in [9.17, 15) is 20.1 Å². The molecule has 0 radical (unpaired) electrons. The van der Waals surface area contributed by atoms with Crippen LogP contribution in [0.3, 0.4) is 0 Å². The monoisotopic (exact) mass is 370 g/mol. The van der Waals surface area contributed by atoms with Crippen LogP contribution in [-0.2, 0) is 10.2 Å². The van der Waals surface area contributed by atoms with Crippen LogP contribution in [0, 0.1) is 11.3 Å². The summed E-state index contributed by atoms with van der Waals surface area (Å²) in [7, 11) is 2.11. The number of carboxylic acids is 1. The lowest BCUT2D eigenvalue weighted by atomic mass is 9.45. The fourth-order valence-corrected chi connectivity index (χ4v) is 7.52. The van der Waals surface area contributed by atoms with Gasteiger partial charge in [0.25, 0.3) is 0 Å². The van der Waals surface area contributed by atoms with E-state index in [-0.39, 0.29) is 0 Å². The number of carbonyl (C=O) groups excluding carboxylic acids is 1. The molecular formula is C21H26N2O4. The summed E-state index contributed by atoms with van der Waals surface area (Å²) in [6.07, 6.45) is 2.16. The number of quaternary nitrogens is 1. The van der Waals surface area contributed by atoms with Crippen LogP contribution >= 0.6 is 0 Å². The SMILES string of the molecule is C/C=C1/C[N+]2(C)CC[C@@]34c5ccccc5NC32[C@H](O)C[C@@H]1[C@@]4(CO)C(=O)[O-]. The molecule has 6 nitrogen and oxygen atoms in total. The molecule has 27 heavy (non-hydrogen) atoms. The van der Waals surface area contributed by atoms with E-state index in [4.69, 9.17) is 0 Å². The topological polar surface area (TPSA) is 92.6 Å². The molecule has 3 N–H and O–H groups in total. The summed E-state index contributed by atoms with van der Waals surface area (Å²) >= 11 is 0.